The minimum absolute atomic E-state index is 0.0584. The number of ether oxygens (including phenoxy) is 2. The van der Waals surface area contributed by atoms with Crippen LogP contribution in [0.2, 0.25) is 0 Å². The Bertz CT molecular complexity index is 2210. The van der Waals surface area contributed by atoms with Crippen molar-refractivity contribution in [2.45, 2.75) is 164 Å². The predicted molar refractivity (Wildman–Crippen MR) is 260 cm³/mol. The lowest BCUT2D eigenvalue weighted by Gasteiger charge is -2.36. The van der Waals surface area contributed by atoms with Crippen molar-refractivity contribution in [3.05, 3.63) is 83.7 Å². The molecule has 0 radical (unpaired) electrons. The molecule has 0 bridgehead atoms. The molecule has 70 heavy (non-hydrogen) atoms. The normalized spacial score (nSPS) is 24.4. The van der Waals surface area contributed by atoms with E-state index in [1.807, 2.05) is 60.7 Å². The van der Waals surface area contributed by atoms with E-state index in [1.54, 1.807) is 48.6 Å². The molecule has 1 aromatic heterocycles. The van der Waals surface area contributed by atoms with Crippen molar-refractivity contribution in [2.24, 2.45) is 0 Å². The molecule has 4 fully saturated rings. The van der Waals surface area contributed by atoms with Gasteiger partial charge in [0.15, 0.2) is 0 Å². The van der Waals surface area contributed by atoms with Gasteiger partial charge in [-0.25, -0.2) is 4.68 Å². The number of benzene rings is 2. The van der Waals surface area contributed by atoms with Gasteiger partial charge in [0.25, 0.3) is 0 Å². The summed E-state index contributed by atoms with van der Waals surface area (Å²) in [7, 11) is 3.40. The molecule has 0 aliphatic carbocycles. The number of hydrogen-bond donors (Lipinski definition) is 6. The Morgan fingerprint density at radius 1 is 0.629 bits per heavy atom. The maximum Gasteiger partial charge on any atom is 0.246 e. The molecule has 19 heteroatoms. The molecule has 0 spiro atoms. The zero-order chi connectivity index (χ0) is 49.6. The van der Waals surface area contributed by atoms with Gasteiger partial charge in [-0.15, -0.1) is 5.10 Å². The van der Waals surface area contributed by atoms with Crippen LogP contribution >= 0.6 is 0 Å². The standard InChI is InChI=1S/C51H73N11O8/c1-33(52-3)46(63)54-40-21-13-11-19-38-23-25-44(61(38)50(40)67)48(65)56-42(35-15-7-5-8-16-35)31-69-28-27-60-29-37(58-59-60)30-70-32-43(36-17-9-6-10-18-36)57-49(66)45-26-24-39-20-12-14-22-41(51(68)62(39)45)55-47(64)34(2)53-4/h5-10,15-18,29,33-34,38-45,52-53H,11-14,19-28,30-32H2,1-4H3,(H,54,63)(H,55,64)(H,56,65)(H,57,66)/t33-,34-,38-,39-,40-,41-,42+,43+,44-,45-/m0/s1. The summed E-state index contributed by atoms with van der Waals surface area (Å²) in [5.74, 6) is -1.41. The van der Waals surface area contributed by atoms with Crippen molar-refractivity contribution in [3.8, 4) is 0 Å². The van der Waals surface area contributed by atoms with E-state index in [4.69, 9.17) is 9.47 Å². The maximum atomic E-state index is 14.1. The van der Waals surface area contributed by atoms with E-state index in [2.05, 4.69) is 42.2 Å². The number of hydrogen-bond acceptors (Lipinski definition) is 12. The highest BCUT2D eigenvalue weighted by molar-refractivity contribution is 5.95. The number of nitrogens with zero attached hydrogens (tertiary/aromatic N) is 5. The van der Waals surface area contributed by atoms with Crippen LogP contribution in [0.3, 0.4) is 0 Å². The molecule has 2 aromatic carbocycles. The molecule has 4 aliphatic rings. The first-order chi connectivity index (χ1) is 33.9. The Kier molecular flexibility index (Phi) is 18.9. The Balaban J connectivity index is 0.914. The third kappa shape index (κ3) is 13.3. The van der Waals surface area contributed by atoms with Crippen LogP contribution in [0.4, 0.5) is 0 Å². The van der Waals surface area contributed by atoms with Gasteiger partial charge in [-0.2, -0.15) is 0 Å². The van der Waals surface area contributed by atoms with Gasteiger partial charge in [-0.3, -0.25) is 28.8 Å². The second-order valence-electron chi connectivity index (χ2n) is 19.2. The van der Waals surface area contributed by atoms with Crippen LogP contribution in [0, 0.1) is 0 Å². The fourth-order valence-corrected chi connectivity index (χ4v) is 10.2. The Morgan fingerprint density at radius 2 is 1.09 bits per heavy atom. The van der Waals surface area contributed by atoms with Crippen molar-refractivity contribution < 1.29 is 38.2 Å². The molecule has 10 atom stereocenters. The third-order valence-corrected chi connectivity index (χ3v) is 14.5. The molecule has 4 aliphatic heterocycles. The molecule has 6 N–H and O–H groups in total. The summed E-state index contributed by atoms with van der Waals surface area (Å²) in [6, 6.07) is 14.5. The average molecular weight is 968 g/mol. The summed E-state index contributed by atoms with van der Waals surface area (Å²) in [4.78, 5) is 85.3. The fraction of sp³-hybridized carbons (Fsp3) is 0.608. The molecule has 0 unspecified atom stereocenters. The van der Waals surface area contributed by atoms with Gasteiger partial charge in [-0.1, -0.05) is 91.6 Å². The highest BCUT2D eigenvalue weighted by Crippen LogP contribution is 2.34. The summed E-state index contributed by atoms with van der Waals surface area (Å²) in [5.41, 5.74) is 2.31. The smallest absolute Gasteiger partial charge is 0.246 e. The first-order valence-electron chi connectivity index (χ1n) is 25.3. The van der Waals surface area contributed by atoms with Crippen LogP contribution in [-0.4, -0.2) is 142 Å². The van der Waals surface area contributed by atoms with E-state index in [9.17, 15) is 28.8 Å². The predicted octanol–water partition coefficient (Wildman–Crippen LogP) is 2.58. The Hall–Kier alpha value is -5.76. The summed E-state index contributed by atoms with van der Waals surface area (Å²) in [6.45, 7) is 4.61. The van der Waals surface area contributed by atoms with Crippen LogP contribution in [-0.2, 0) is 51.4 Å². The van der Waals surface area contributed by atoms with Gasteiger partial charge in [0.05, 0.1) is 63.3 Å². The van der Waals surface area contributed by atoms with Crippen molar-refractivity contribution >= 4 is 35.4 Å². The van der Waals surface area contributed by atoms with Gasteiger partial charge in [0, 0.05) is 12.1 Å². The SMILES string of the molecule is CN[C@@H](C)C(=O)N[C@H]1CCCC[C@H]2CC[C@@H](C(=O)N[C@H](COCCn3cc(COC[C@@H](NC(=O)[C@@H]4CC[C@@H]5CCCC[C@H](NC(=O)[C@H](C)NC)C(=O)N54)c4ccccc4)nn3)c3ccccc3)N2C1=O. The quantitative estimate of drug-likeness (QED) is 0.0847. The first-order valence-corrected chi connectivity index (χ1v) is 25.3. The number of aromatic nitrogens is 3. The van der Waals surface area contributed by atoms with E-state index in [-0.39, 0.29) is 74.0 Å². The van der Waals surface area contributed by atoms with Crippen molar-refractivity contribution in [1.29, 1.82) is 0 Å². The molecule has 0 saturated carbocycles. The van der Waals surface area contributed by atoms with Crippen LogP contribution in [0.15, 0.2) is 66.9 Å². The zero-order valence-corrected chi connectivity index (χ0v) is 41.1. The highest BCUT2D eigenvalue weighted by atomic mass is 16.5. The number of nitrogens with one attached hydrogen (secondary N) is 6. The summed E-state index contributed by atoms with van der Waals surface area (Å²) in [5, 5.41) is 26.7. The van der Waals surface area contributed by atoms with Crippen LogP contribution in [0.5, 0.6) is 0 Å². The lowest BCUT2D eigenvalue weighted by atomic mass is 9.98. The number of rotatable bonds is 21. The summed E-state index contributed by atoms with van der Waals surface area (Å²) >= 11 is 0. The van der Waals surface area contributed by atoms with Gasteiger partial charge in [0.1, 0.15) is 29.9 Å². The molecule has 19 nitrogen and oxygen atoms in total. The zero-order valence-electron chi connectivity index (χ0n) is 41.1. The largest absolute Gasteiger partial charge is 0.377 e. The van der Waals surface area contributed by atoms with Crippen LogP contribution in [0.25, 0.3) is 0 Å². The molecule has 3 aromatic rings. The number of carbonyl (C=O) groups is 6. The second kappa shape index (κ2) is 25.4. The van der Waals surface area contributed by atoms with Gasteiger partial charge in [0.2, 0.25) is 35.4 Å². The highest BCUT2D eigenvalue weighted by Gasteiger charge is 2.46. The van der Waals surface area contributed by atoms with Crippen LogP contribution in [0.1, 0.15) is 120 Å². The third-order valence-electron chi connectivity index (χ3n) is 14.5. The van der Waals surface area contributed by atoms with Gasteiger partial charge in [-0.05, 0) is 90.4 Å². The minimum atomic E-state index is -0.690. The maximum absolute atomic E-state index is 14.1. The molecular formula is C51H73N11O8. The molecule has 380 valence electrons. The van der Waals surface area contributed by atoms with Gasteiger partial charge < -0.3 is 51.2 Å². The van der Waals surface area contributed by atoms with E-state index in [0.29, 0.717) is 37.9 Å². The van der Waals surface area contributed by atoms with E-state index >= 15 is 0 Å². The number of likely N-dealkylation sites (N-methyl/N-ethyl adjacent to an activating group) is 2. The number of fused-ring (bicyclic) bond motifs is 2. The van der Waals surface area contributed by atoms with E-state index < -0.39 is 48.3 Å². The van der Waals surface area contributed by atoms with Gasteiger partial charge >= 0.3 is 0 Å². The first kappa shape index (κ1) is 52.1. The molecule has 5 heterocycles. The summed E-state index contributed by atoms with van der Waals surface area (Å²) < 4.78 is 14.0. The lowest BCUT2D eigenvalue weighted by molar-refractivity contribution is -0.144. The molecule has 6 amide bonds. The number of amides is 6. The van der Waals surface area contributed by atoms with Crippen molar-refractivity contribution in [1.82, 2.24) is 56.7 Å². The average Bonchev–Trinajstić information content (AvgIpc) is 4.13. The molecular weight excluding hydrogens is 895 g/mol. The molecule has 7 rings (SSSR count). The van der Waals surface area contributed by atoms with Crippen molar-refractivity contribution in [3.63, 3.8) is 0 Å². The monoisotopic (exact) mass is 968 g/mol. The van der Waals surface area contributed by atoms with E-state index in [0.717, 1.165) is 62.5 Å². The van der Waals surface area contributed by atoms with Crippen molar-refractivity contribution in [2.75, 3.05) is 33.9 Å². The Labute approximate surface area is 411 Å². The summed E-state index contributed by atoms with van der Waals surface area (Å²) in [6.07, 6.45) is 10.5. The minimum Gasteiger partial charge on any atom is -0.377 e. The lowest BCUT2D eigenvalue weighted by Crippen LogP contribution is -2.58. The number of carbonyl (C=O) groups excluding carboxylic acids is 6. The Morgan fingerprint density at radius 3 is 1.56 bits per heavy atom. The molecule has 4 saturated heterocycles. The topological polar surface area (TPSA) is 230 Å². The second-order valence-corrected chi connectivity index (χ2v) is 19.2. The van der Waals surface area contributed by atoms with Crippen LogP contribution < -0.4 is 31.9 Å². The fourth-order valence-electron chi connectivity index (χ4n) is 10.2. The van der Waals surface area contributed by atoms with E-state index in [1.165, 1.54) is 0 Å².